The minimum Gasteiger partial charge on any atom is -0.352 e. The van der Waals surface area contributed by atoms with Crippen molar-refractivity contribution in [3.8, 4) is 0 Å². The predicted octanol–water partition coefficient (Wildman–Crippen LogP) is 3.95. The van der Waals surface area contributed by atoms with Crippen molar-refractivity contribution < 1.29 is 4.79 Å². The second-order valence-corrected chi connectivity index (χ2v) is 8.58. The van der Waals surface area contributed by atoms with Gasteiger partial charge in [-0.25, -0.2) is 4.79 Å². The molecular weight excluding hydrogens is 350 g/mol. The average molecular weight is 386 g/mol. The van der Waals surface area contributed by atoms with Crippen LogP contribution in [-0.4, -0.2) is 43.1 Å². The van der Waals surface area contributed by atoms with Crippen molar-refractivity contribution >= 4 is 17.7 Å². The molecule has 6 heteroatoms. The largest absolute Gasteiger partial charge is 0.352 e. The van der Waals surface area contributed by atoms with Crippen molar-refractivity contribution in [2.24, 2.45) is 10.4 Å². The second-order valence-electron chi connectivity index (χ2n) is 8.58. The van der Waals surface area contributed by atoms with Gasteiger partial charge in [-0.1, -0.05) is 31.4 Å². The number of carbonyl (C=O) groups excluding carboxylic acids is 1. The summed E-state index contributed by atoms with van der Waals surface area (Å²) in [5.41, 5.74) is 2.49. The monoisotopic (exact) mass is 385 g/mol. The molecule has 2 aliphatic rings. The summed E-state index contributed by atoms with van der Waals surface area (Å²) < 4.78 is 0. The maximum Gasteiger partial charge on any atom is 0.319 e. The number of amides is 2. The van der Waals surface area contributed by atoms with Crippen LogP contribution in [0.2, 0.25) is 0 Å². The highest BCUT2D eigenvalue weighted by Gasteiger charge is 2.39. The van der Waals surface area contributed by atoms with Crippen LogP contribution in [0.5, 0.6) is 0 Å². The number of urea groups is 1. The quantitative estimate of drug-likeness (QED) is 0.543. The van der Waals surface area contributed by atoms with E-state index < -0.39 is 0 Å². The molecule has 0 atom stereocenters. The summed E-state index contributed by atoms with van der Waals surface area (Å²) in [7, 11) is 1.87. The Morgan fingerprint density at radius 3 is 2.50 bits per heavy atom. The zero-order valence-electron chi connectivity index (χ0n) is 17.6. The molecule has 1 aromatic carbocycles. The molecule has 0 radical (unpaired) electrons. The van der Waals surface area contributed by atoms with Crippen molar-refractivity contribution in [2.75, 3.05) is 25.5 Å². The molecule has 2 amide bonds. The molecule has 0 unspecified atom stereocenters. The van der Waals surface area contributed by atoms with Crippen LogP contribution >= 0.6 is 0 Å². The predicted molar refractivity (Wildman–Crippen MR) is 116 cm³/mol. The maximum absolute atomic E-state index is 11.8. The molecule has 3 rings (SSSR count). The first-order valence-corrected chi connectivity index (χ1v) is 10.6. The summed E-state index contributed by atoms with van der Waals surface area (Å²) in [6.07, 6.45) is 8.22. The molecule has 28 heavy (non-hydrogen) atoms. The van der Waals surface area contributed by atoms with E-state index in [1.54, 1.807) is 0 Å². The molecule has 154 valence electrons. The fourth-order valence-corrected chi connectivity index (χ4v) is 4.47. The zero-order valence-corrected chi connectivity index (χ0v) is 17.6. The van der Waals surface area contributed by atoms with Gasteiger partial charge in [0.1, 0.15) is 0 Å². The number of hydrogen-bond acceptors (Lipinski definition) is 2. The summed E-state index contributed by atoms with van der Waals surface area (Å²) in [5.74, 6) is 1.00. The van der Waals surface area contributed by atoms with Crippen molar-refractivity contribution in [3.63, 3.8) is 0 Å². The summed E-state index contributed by atoms with van der Waals surface area (Å²) in [6.45, 7) is 6.86. The first-order valence-electron chi connectivity index (χ1n) is 10.6. The van der Waals surface area contributed by atoms with Gasteiger partial charge in [-0.15, -0.1) is 0 Å². The van der Waals surface area contributed by atoms with E-state index in [2.05, 4.69) is 25.8 Å². The van der Waals surface area contributed by atoms with Crippen molar-refractivity contribution in [2.45, 2.75) is 65.0 Å². The lowest BCUT2D eigenvalue weighted by Crippen LogP contribution is -2.41. The average Bonchev–Trinajstić information content (AvgIpc) is 3.06. The van der Waals surface area contributed by atoms with Crippen LogP contribution in [-0.2, 0) is 6.54 Å². The summed E-state index contributed by atoms with van der Waals surface area (Å²) in [5, 5.41) is 9.19. The number of likely N-dealkylation sites (tertiary alicyclic amines) is 1. The Hall–Kier alpha value is -2.24. The van der Waals surface area contributed by atoms with Gasteiger partial charge >= 0.3 is 6.03 Å². The van der Waals surface area contributed by atoms with Gasteiger partial charge in [0, 0.05) is 38.4 Å². The molecule has 1 spiro atoms. The molecule has 0 bridgehead atoms. The van der Waals surface area contributed by atoms with Gasteiger partial charge in [0.2, 0.25) is 0 Å². The van der Waals surface area contributed by atoms with Crippen LogP contribution in [0, 0.1) is 5.41 Å². The highest BCUT2D eigenvalue weighted by molar-refractivity contribution is 5.89. The maximum atomic E-state index is 11.8. The fraction of sp³-hybridized carbons (Fsp3) is 0.636. The number of carbonyl (C=O) groups is 1. The lowest BCUT2D eigenvalue weighted by Gasteiger charge is -2.33. The molecule has 1 aliphatic carbocycles. The van der Waals surface area contributed by atoms with E-state index in [4.69, 9.17) is 0 Å². The van der Waals surface area contributed by atoms with Crippen molar-refractivity contribution in [3.05, 3.63) is 29.8 Å². The number of aliphatic imine (C=N–C) groups is 1. The molecule has 2 fully saturated rings. The highest BCUT2D eigenvalue weighted by atomic mass is 16.2. The molecule has 6 nitrogen and oxygen atoms in total. The third-order valence-corrected chi connectivity index (χ3v) is 5.95. The lowest BCUT2D eigenvalue weighted by atomic mass is 9.73. The van der Waals surface area contributed by atoms with Crippen LogP contribution in [0.15, 0.2) is 29.3 Å². The molecule has 1 aliphatic heterocycles. The topological polar surface area (TPSA) is 68.8 Å². The van der Waals surface area contributed by atoms with Gasteiger partial charge in [0.25, 0.3) is 0 Å². The number of anilines is 1. The molecule has 1 saturated heterocycles. The molecule has 1 saturated carbocycles. The van der Waals surface area contributed by atoms with E-state index in [0.29, 0.717) is 5.41 Å². The van der Waals surface area contributed by atoms with Gasteiger partial charge in [0.15, 0.2) is 5.96 Å². The summed E-state index contributed by atoms with van der Waals surface area (Å²) in [4.78, 5) is 18.7. The van der Waals surface area contributed by atoms with Gasteiger partial charge in [0.05, 0.1) is 0 Å². The molecular formula is C22H35N5O. The summed E-state index contributed by atoms with van der Waals surface area (Å²) in [6, 6.07) is 7.90. The van der Waals surface area contributed by atoms with E-state index >= 15 is 0 Å². The van der Waals surface area contributed by atoms with Gasteiger partial charge < -0.3 is 20.9 Å². The van der Waals surface area contributed by atoms with E-state index in [1.165, 1.54) is 44.1 Å². The van der Waals surface area contributed by atoms with Crippen LogP contribution < -0.4 is 16.0 Å². The first-order chi connectivity index (χ1) is 13.5. The molecule has 1 aromatic rings. The normalized spacial score (nSPS) is 19.1. The zero-order chi connectivity index (χ0) is 20.0. The SMILES string of the molecule is CN=C(NCc1ccc(NC(=O)NC(C)C)cc1)N1CCC2(CCCCC2)C1. The number of benzene rings is 1. The Morgan fingerprint density at radius 2 is 1.86 bits per heavy atom. The van der Waals surface area contributed by atoms with E-state index in [-0.39, 0.29) is 12.1 Å². The van der Waals surface area contributed by atoms with E-state index in [9.17, 15) is 4.79 Å². The van der Waals surface area contributed by atoms with Crippen LogP contribution in [0.25, 0.3) is 0 Å². The Kier molecular flexibility index (Phi) is 6.81. The van der Waals surface area contributed by atoms with Gasteiger partial charge in [-0.2, -0.15) is 0 Å². The first kappa shape index (κ1) is 20.5. The molecule has 1 heterocycles. The number of rotatable bonds is 4. The molecule has 0 aromatic heterocycles. The highest BCUT2D eigenvalue weighted by Crippen LogP contribution is 2.43. The Bertz CT molecular complexity index is 677. The van der Waals surface area contributed by atoms with Gasteiger partial charge in [-0.3, -0.25) is 4.99 Å². The number of guanidine groups is 1. The number of nitrogens with one attached hydrogen (secondary N) is 3. The van der Waals surface area contributed by atoms with Crippen LogP contribution in [0.4, 0.5) is 10.5 Å². The molecule has 3 N–H and O–H groups in total. The lowest BCUT2D eigenvalue weighted by molar-refractivity contribution is 0.203. The summed E-state index contributed by atoms with van der Waals surface area (Å²) >= 11 is 0. The van der Waals surface area contributed by atoms with Crippen LogP contribution in [0.3, 0.4) is 0 Å². The second kappa shape index (κ2) is 9.30. The smallest absolute Gasteiger partial charge is 0.319 e. The third kappa shape index (κ3) is 5.40. The van der Waals surface area contributed by atoms with Crippen molar-refractivity contribution in [1.82, 2.24) is 15.5 Å². The minimum atomic E-state index is -0.174. The van der Waals surface area contributed by atoms with E-state index in [0.717, 1.165) is 31.3 Å². The Morgan fingerprint density at radius 1 is 1.14 bits per heavy atom. The van der Waals surface area contributed by atoms with E-state index in [1.807, 2.05) is 45.2 Å². The number of nitrogens with zero attached hydrogens (tertiary/aromatic N) is 2. The number of hydrogen-bond donors (Lipinski definition) is 3. The third-order valence-electron chi connectivity index (χ3n) is 5.95. The fourth-order valence-electron chi connectivity index (χ4n) is 4.47. The van der Waals surface area contributed by atoms with Crippen LogP contribution in [0.1, 0.15) is 57.9 Å². The van der Waals surface area contributed by atoms with Crippen molar-refractivity contribution in [1.29, 1.82) is 0 Å². The Balaban J connectivity index is 1.49. The Labute approximate surface area is 169 Å². The standard InChI is InChI=1S/C22H35N5O/c1-17(2)25-21(28)26-19-9-7-18(8-10-19)15-24-20(23-3)27-14-13-22(16-27)11-5-4-6-12-22/h7-10,17H,4-6,11-16H2,1-3H3,(H,23,24)(H2,25,26,28). The van der Waals surface area contributed by atoms with Gasteiger partial charge in [-0.05, 0) is 56.2 Å². The minimum absolute atomic E-state index is 0.119.